The fourth-order valence-corrected chi connectivity index (χ4v) is 1.75. The van der Waals surface area contributed by atoms with Crippen LogP contribution in [0.3, 0.4) is 0 Å². The Morgan fingerprint density at radius 2 is 2.20 bits per heavy atom. The van der Waals surface area contributed by atoms with Gasteiger partial charge in [-0.05, 0) is 13.8 Å². The lowest BCUT2D eigenvalue weighted by molar-refractivity contribution is -0.146. The van der Waals surface area contributed by atoms with Crippen LogP contribution in [0.25, 0.3) is 0 Å². The average molecular weight is 232 g/mol. The third kappa shape index (κ3) is 2.85. The summed E-state index contributed by atoms with van der Waals surface area (Å²) in [5.41, 5.74) is -1.32. The van der Waals surface area contributed by atoms with Gasteiger partial charge in [0.2, 0.25) is 5.91 Å². The monoisotopic (exact) mass is 232 g/mol. The van der Waals surface area contributed by atoms with Crippen molar-refractivity contribution >= 4 is 28.9 Å². The lowest BCUT2D eigenvalue weighted by Gasteiger charge is -2.22. The van der Waals surface area contributed by atoms with Crippen molar-refractivity contribution in [3.8, 4) is 0 Å². The number of carboxylic acids is 1. The number of carboxylic acid groups (broad SMARTS) is 1. The molecule has 1 heterocycles. The first-order valence-electron chi connectivity index (χ1n) is 4.31. The minimum Gasteiger partial charge on any atom is -0.480 e. The maximum Gasteiger partial charge on any atom is 0.328 e. The largest absolute Gasteiger partial charge is 0.480 e. The first-order valence-corrected chi connectivity index (χ1v) is 5.30. The second-order valence-corrected chi connectivity index (χ2v) is 4.71. The molecule has 1 atom stereocenters. The van der Waals surface area contributed by atoms with Crippen LogP contribution in [0, 0.1) is 0 Å². The van der Waals surface area contributed by atoms with Gasteiger partial charge < -0.3 is 15.7 Å². The second kappa shape index (κ2) is 4.09. The molecular formula is C8H12N2O4S. The number of aliphatic carboxylic acids is 1. The van der Waals surface area contributed by atoms with Crippen molar-refractivity contribution in [2.45, 2.75) is 25.4 Å². The number of thioether (sulfide) groups is 1. The van der Waals surface area contributed by atoms with E-state index in [1.54, 1.807) is 0 Å². The zero-order chi connectivity index (χ0) is 11.6. The molecule has 0 aromatic carbocycles. The summed E-state index contributed by atoms with van der Waals surface area (Å²) in [6, 6.07) is -0.638. The topological polar surface area (TPSA) is 95.5 Å². The Bertz CT molecular complexity index is 316. The molecule has 0 aliphatic carbocycles. The van der Waals surface area contributed by atoms with Crippen molar-refractivity contribution in [2.75, 3.05) is 5.75 Å². The molecule has 3 N–H and O–H groups in total. The maximum absolute atomic E-state index is 11.5. The molecule has 0 aromatic rings. The quantitative estimate of drug-likeness (QED) is 0.626. The van der Waals surface area contributed by atoms with Crippen molar-refractivity contribution in [1.29, 1.82) is 0 Å². The van der Waals surface area contributed by atoms with E-state index in [-0.39, 0.29) is 5.24 Å². The average Bonchev–Trinajstić information content (AvgIpc) is 2.50. The highest BCUT2D eigenvalue weighted by Gasteiger charge is 2.34. The van der Waals surface area contributed by atoms with Crippen molar-refractivity contribution in [3.05, 3.63) is 0 Å². The Kier molecular flexibility index (Phi) is 3.23. The van der Waals surface area contributed by atoms with Crippen LogP contribution in [0.15, 0.2) is 0 Å². The van der Waals surface area contributed by atoms with Gasteiger partial charge in [0.1, 0.15) is 11.6 Å². The Labute approximate surface area is 90.8 Å². The highest BCUT2D eigenvalue weighted by molar-refractivity contribution is 8.14. The Morgan fingerprint density at radius 1 is 1.60 bits per heavy atom. The molecule has 84 valence electrons. The molecular weight excluding hydrogens is 220 g/mol. The van der Waals surface area contributed by atoms with Crippen LogP contribution in [-0.4, -0.2) is 39.6 Å². The van der Waals surface area contributed by atoms with Gasteiger partial charge in [-0.2, -0.15) is 0 Å². The normalized spacial score (nSPS) is 20.9. The molecule has 0 aromatic heterocycles. The van der Waals surface area contributed by atoms with E-state index in [1.165, 1.54) is 13.8 Å². The first kappa shape index (κ1) is 11.8. The van der Waals surface area contributed by atoms with E-state index in [4.69, 9.17) is 5.11 Å². The summed E-state index contributed by atoms with van der Waals surface area (Å²) in [6.45, 7) is 2.77. The molecule has 2 amide bonds. The van der Waals surface area contributed by atoms with Gasteiger partial charge in [0.05, 0.1) is 0 Å². The van der Waals surface area contributed by atoms with Gasteiger partial charge in [0.15, 0.2) is 0 Å². The van der Waals surface area contributed by atoms with E-state index in [0.717, 1.165) is 11.8 Å². The van der Waals surface area contributed by atoms with Crippen LogP contribution in [0.1, 0.15) is 13.8 Å². The molecule has 1 rings (SSSR count). The van der Waals surface area contributed by atoms with E-state index in [0.29, 0.717) is 5.75 Å². The summed E-state index contributed by atoms with van der Waals surface area (Å²) in [6.07, 6.45) is 0. The fraction of sp³-hybridized carbons (Fsp3) is 0.625. The second-order valence-electron chi connectivity index (χ2n) is 3.71. The predicted octanol–water partition coefficient (Wildman–Crippen LogP) is -0.209. The molecule has 15 heavy (non-hydrogen) atoms. The number of amides is 2. The highest BCUT2D eigenvalue weighted by Crippen LogP contribution is 2.14. The summed E-state index contributed by atoms with van der Waals surface area (Å²) < 4.78 is 0. The molecule has 6 nitrogen and oxygen atoms in total. The highest BCUT2D eigenvalue weighted by atomic mass is 32.2. The lowest BCUT2D eigenvalue weighted by atomic mass is 10.1. The third-order valence-electron chi connectivity index (χ3n) is 1.96. The first-order chi connectivity index (χ1) is 6.83. The molecule has 1 saturated heterocycles. The van der Waals surface area contributed by atoms with Gasteiger partial charge in [-0.25, -0.2) is 4.79 Å². The molecule has 1 aliphatic heterocycles. The molecule has 0 spiro atoms. The Morgan fingerprint density at radius 3 is 2.60 bits per heavy atom. The van der Waals surface area contributed by atoms with Crippen LogP contribution in [0.4, 0.5) is 4.79 Å². The summed E-state index contributed by atoms with van der Waals surface area (Å²) in [4.78, 5) is 33.0. The van der Waals surface area contributed by atoms with Gasteiger partial charge in [0, 0.05) is 5.75 Å². The van der Waals surface area contributed by atoms with Gasteiger partial charge in [-0.1, -0.05) is 11.8 Å². The molecule has 7 heteroatoms. The Balaban J connectivity index is 2.56. The van der Waals surface area contributed by atoms with Crippen LogP contribution in [-0.2, 0) is 9.59 Å². The van der Waals surface area contributed by atoms with Crippen LogP contribution in [0.2, 0.25) is 0 Å². The Hall–Kier alpha value is -1.24. The molecule has 1 fully saturated rings. The molecule has 0 saturated carbocycles. The van der Waals surface area contributed by atoms with E-state index in [2.05, 4.69) is 10.6 Å². The lowest BCUT2D eigenvalue weighted by Crippen LogP contribution is -2.55. The number of nitrogens with one attached hydrogen (secondary N) is 2. The van der Waals surface area contributed by atoms with Crippen LogP contribution in [0.5, 0.6) is 0 Å². The molecule has 1 unspecified atom stereocenters. The predicted molar refractivity (Wildman–Crippen MR) is 54.6 cm³/mol. The van der Waals surface area contributed by atoms with E-state index >= 15 is 0 Å². The minimum atomic E-state index is -1.32. The fourth-order valence-electron chi connectivity index (χ4n) is 0.974. The number of hydrogen-bond acceptors (Lipinski definition) is 4. The number of hydrogen-bond donors (Lipinski definition) is 3. The smallest absolute Gasteiger partial charge is 0.328 e. The third-order valence-corrected chi connectivity index (χ3v) is 2.84. The van der Waals surface area contributed by atoms with Gasteiger partial charge in [-0.15, -0.1) is 0 Å². The summed E-state index contributed by atoms with van der Waals surface area (Å²) in [7, 11) is 0. The van der Waals surface area contributed by atoms with Gasteiger partial charge in [0.25, 0.3) is 5.24 Å². The SMILES string of the molecule is CC(C)(NC(=O)C1CSC(=O)N1)C(=O)O. The van der Waals surface area contributed by atoms with Crippen molar-refractivity contribution < 1.29 is 19.5 Å². The minimum absolute atomic E-state index is 0.261. The number of rotatable bonds is 3. The van der Waals surface area contributed by atoms with Crippen molar-refractivity contribution in [2.24, 2.45) is 0 Å². The number of carbonyl (C=O) groups excluding carboxylic acids is 2. The van der Waals surface area contributed by atoms with Crippen molar-refractivity contribution in [3.63, 3.8) is 0 Å². The number of carbonyl (C=O) groups is 3. The maximum atomic E-state index is 11.5. The summed E-state index contributed by atoms with van der Waals surface area (Å²) >= 11 is 1.01. The zero-order valence-corrected chi connectivity index (χ0v) is 9.18. The molecule has 0 radical (unpaired) electrons. The van der Waals surface area contributed by atoms with Gasteiger partial charge >= 0.3 is 5.97 Å². The summed E-state index contributed by atoms with van der Waals surface area (Å²) in [5, 5.41) is 13.3. The van der Waals surface area contributed by atoms with Crippen LogP contribution < -0.4 is 10.6 Å². The standard InChI is InChI=1S/C8H12N2O4S/c1-8(2,6(12)13)10-5(11)4-3-15-7(14)9-4/h4H,3H2,1-2H3,(H,9,14)(H,10,11)(H,12,13). The zero-order valence-electron chi connectivity index (χ0n) is 8.36. The molecule has 0 bridgehead atoms. The van der Waals surface area contributed by atoms with E-state index in [9.17, 15) is 14.4 Å². The van der Waals surface area contributed by atoms with Gasteiger partial charge in [-0.3, -0.25) is 9.59 Å². The van der Waals surface area contributed by atoms with Crippen molar-refractivity contribution in [1.82, 2.24) is 10.6 Å². The molecule has 1 aliphatic rings. The van der Waals surface area contributed by atoms with Crippen LogP contribution >= 0.6 is 11.8 Å². The van der Waals surface area contributed by atoms with E-state index in [1.807, 2.05) is 0 Å². The van der Waals surface area contributed by atoms with E-state index < -0.39 is 23.5 Å². The summed E-state index contributed by atoms with van der Waals surface area (Å²) in [5.74, 6) is -1.26.